The van der Waals surface area contributed by atoms with Crippen LogP contribution in [-0.2, 0) is 0 Å². The monoisotopic (exact) mass is 361 g/mol. The van der Waals surface area contributed by atoms with Crippen LogP contribution in [0.5, 0.6) is 0 Å². The molecule has 2 atom stereocenters. The second kappa shape index (κ2) is 7.56. The van der Waals surface area contributed by atoms with Crippen LogP contribution in [0.2, 0.25) is 4.34 Å². The molecule has 2 aromatic heterocycles. The van der Waals surface area contributed by atoms with Crippen molar-refractivity contribution >= 4 is 57.8 Å². The fraction of sp³-hybridized carbons (Fsp3) is 0.429. The molecular weight excluding hydrogens is 346 g/mol. The summed E-state index contributed by atoms with van der Waals surface area (Å²) in [5, 5.41) is 6.62. The van der Waals surface area contributed by atoms with Gasteiger partial charge in [0.05, 0.1) is 10.4 Å². The van der Waals surface area contributed by atoms with Crippen molar-refractivity contribution in [3.05, 3.63) is 43.7 Å². The molecule has 3 rings (SSSR count). The van der Waals surface area contributed by atoms with Crippen molar-refractivity contribution in [1.82, 2.24) is 5.32 Å². The minimum Gasteiger partial charge on any atom is -0.304 e. The van der Waals surface area contributed by atoms with Crippen molar-refractivity contribution < 1.29 is 0 Å². The van der Waals surface area contributed by atoms with Crippen molar-refractivity contribution in [2.75, 3.05) is 23.8 Å². The summed E-state index contributed by atoms with van der Waals surface area (Å²) < 4.78 is 0.867. The highest BCUT2D eigenvalue weighted by Crippen LogP contribution is 2.33. The van der Waals surface area contributed by atoms with Crippen molar-refractivity contribution in [3.63, 3.8) is 0 Å². The molecule has 2 aromatic rings. The molecule has 0 radical (unpaired) electrons. The molecule has 1 aliphatic rings. The van der Waals surface area contributed by atoms with Crippen molar-refractivity contribution in [2.24, 2.45) is 0 Å². The predicted molar refractivity (Wildman–Crippen MR) is 97.1 cm³/mol. The van der Waals surface area contributed by atoms with Gasteiger partial charge in [0.1, 0.15) is 0 Å². The first-order chi connectivity index (χ1) is 9.83. The van der Waals surface area contributed by atoms with Crippen molar-refractivity contribution in [1.29, 1.82) is 0 Å². The zero-order chi connectivity index (χ0) is 13.8. The Balaban J connectivity index is 1.69. The minimum absolute atomic E-state index is 0.292. The second-order valence-electron chi connectivity index (χ2n) is 4.57. The van der Waals surface area contributed by atoms with E-state index in [0.29, 0.717) is 6.04 Å². The van der Waals surface area contributed by atoms with Gasteiger partial charge in [0.15, 0.2) is 0 Å². The average Bonchev–Trinajstić information content (AvgIpc) is 3.13. The maximum Gasteiger partial charge on any atom is 0.0931 e. The van der Waals surface area contributed by atoms with Gasteiger partial charge in [-0.15, -0.1) is 22.7 Å². The van der Waals surface area contributed by atoms with Gasteiger partial charge in [-0.25, -0.2) is 0 Å². The van der Waals surface area contributed by atoms with Crippen LogP contribution in [-0.4, -0.2) is 29.1 Å². The van der Waals surface area contributed by atoms with E-state index >= 15 is 0 Å². The third-order valence-corrected chi connectivity index (χ3v) is 8.22. The highest BCUT2D eigenvalue weighted by molar-refractivity contribution is 8.06. The molecule has 1 aliphatic heterocycles. The van der Waals surface area contributed by atoms with Crippen LogP contribution >= 0.6 is 57.8 Å². The van der Waals surface area contributed by atoms with Crippen LogP contribution in [0.15, 0.2) is 29.6 Å². The molecular formula is C14H16ClNS4. The van der Waals surface area contributed by atoms with Crippen molar-refractivity contribution in [3.8, 4) is 0 Å². The molecule has 3 heterocycles. The Morgan fingerprint density at radius 3 is 2.85 bits per heavy atom. The van der Waals surface area contributed by atoms with Crippen molar-refractivity contribution in [2.45, 2.75) is 11.3 Å². The summed E-state index contributed by atoms with van der Waals surface area (Å²) in [5.74, 6) is 3.85. The van der Waals surface area contributed by atoms with Gasteiger partial charge < -0.3 is 5.32 Å². The molecule has 108 valence electrons. The molecule has 0 spiro atoms. The smallest absolute Gasteiger partial charge is 0.0931 e. The Morgan fingerprint density at radius 1 is 1.25 bits per heavy atom. The summed E-state index contributed by atoms with van der Waals surface area (Å²) in [7, 11) is 0. The molecule has 1 nitrogen and oxygen atoms in total. The average molecular weight is 362 g/mol. The molecule has 20 heavy (non-hydrogen) atoms. The first-order valence-corrected chi connectivity index (χ1v) is 10.8. The molecule has 0 amide bonds. The Kier molecular flexibility index (Phi) is 5.77. The minimum atomic E-state index is 0.292. The topological polar surface area (TPSA) is 12.0 Å². The number of hydrogen-bond donors (Lipinski definition) is 1. The fourth-order valence-corrected chi connectivity index (χ4v) is 6.86. The van der Waals surface area contributed by atoms with Gasteiger partial charge in [0.25, 0.3) is 0 Å². The summed E-state index contributed by atoms with van der Waals surface area (Å²) in [6.07, 6.45) is 0. The number of rotatable bonds is 5. The lowest BCUT2D eigenvalue weighted by atomic mass is 10.2. The van der Waals surface area contributed by atoms with Crippen LogP contribution in [0.4, 0.5) is 0 Å². The summed E-state index contributed by atoms with van der Waals surface area (Å²) in [5.41, 5.74) is 0. The number of thioether (sulfide) groups is 2. The zero-order valence-corrected chi connectivity index (χ0v) is 14.9. The highest BCUT2D eigenvalue weighted by atomic mass is 35.5. The first-order valence-electron chi connectivity index (χ1n) is 6.54. The van der Waals surface area contributed by atoms with E-state index < -0.39 is 0 Å². The lowest BCUT2D eigenvalue weighted by Gasteiger charge is -2.24. The highest BCUT2D eigenvalue weighted by Gasteiger charge is 2.20. The maximum absolute atomic E-state index is 6.10. The van der Waals surface area contributed by atoms with Gasteiger partial charge in [-0.2, -0.15) is 23.5 Å². The van der Waals surface area contributed by atoms with Gasteiger partial charge in [-0.05, 0) is 23.6 Å². The maximum atomic E-state index is 6.10. The zero-order valence-electron chi connectivity index (χ0n) is 10.9. The number of nitrogens with one attached hydrogen (secondary N) is 1. The molecule has 0 saturated carbocycles. The number of hydrogen-bond acceptors (Lipinski definition) is 5. The number of halogens is 1. The Labute approximate surface area is 141 Å². The van der Waals surface area contributed by atoms with E-state index in [9.17, 15) is 0 Å². The van der Waals surface area contributed by atoms with Crippen LogP contribution in [0.1, 0.15) is 15.8 Å². The molecule has 0 bridgehead atoms. The molecule has 2 unspecified atom stereocenters. The van der Waals surface area contributed by atoms with E-state index in [1.807, 2.05) is 17.4 Å². The molecule has 1 fully saturated rings. The largest absolute Gasteiger partial charge is 0.304 e. The van der Waals surface area contributed by atoms with E-state index in [-0.39, 0.29) is 0 Å². The van der Waals surface area contributed by atoms with E-state index in [4.69, 9.17) is 11.6 Å². The summed E-state index contributed by atoms with van der Waals surface area (Å²) in [6.45, 7) is 1.07. The SMILES string of the molecule is Clc1ccc(C(NCC2CSCCS2)c2cccs2)s1. The molecule has 1 saturated heterocycles. The third-order valence-electron chi connectivity index (χ3n) is 3.14. The lowest BCUT2D eigenvalue weighted by molar-refractivity contribution is 0.621. The summed E-state index contributed by atoms with van der Waals surface area (Å²) in [6, 6.07) is 8.76. The third kappa shape index (κ3) is 3.96. The fourth-order valence-electron chi connectivity index (χ4n) is 2.18. The van der Waals surface area contributed by atoms with Crippen LogP contribution < -0.4 is 5.32 Å². The Bertz CT molecular complexity index is 519. The standard InChI is InChI=1S/C14H16ClNS4/c15-13-4-3-12(20-13)14(11-2-1-5-19-11)16-8-10-9-17-6-7-18-10/h1-5,10,14,16H,6-9H2. The predicted octanol–water partition coefficient (Wildman–Crippen LogP) is 4.99. The molecule has 0 aromatic carbocycles. The van der Waals surface area contributed by atoms with Crippen LogP contribution in [0, 0.1) is 0 Å². The van der Waals surface area contributed by atoms with E-state index in [1.54, 1.807) is 11.3 Å². The first kappa shape index (κ1) is 15.3. The Hall–Kier alpha value is 0.350. The van der Waals surface area contributed by atoms with Gasteiger partial charge in [0, 0.05) is 38.8 Å². The van der Waals surface area contributed by atoms with Gasteiger partial charge in [-0.1, -0.05) is 17.7 Å². The van der Waals surface area contributed by atoms with Gasteiger partial charge in [0.2, 0.25) is 0 Å². The van der Waals surface area contributed by atoms with E-state index in [2.05, 4.69) is 52.4 Å². The van der Waals surface area contributed by atoms with Crippen LogP contribution in [0.25, 0.3) is 0 Å². The van der Waals surface area contributed by atoms with Crippen LogP contribution in [0.3, 0.4) is 0 Å². The van der Waals surface area contributed by atoms with Gasteiger partial charge >= 0.3 is 0 Å². The van der Waals surface area contributed by atoms with Gasteiger partial charge in [-0.3, -0.25) is 0 Å². The lowest BCUT2D eigenvalue weighted by Crippen LogP contribution is -2.31. The summed E-state index contributed by atoms with van der Waals surface area (Å²) in [4.78, 5) is 2.68. The second-order valence-corrected chi connectivity index (χ2v) is 9.85. The normalized spacial score (nSPS) is 20.9. The van der Waals surface area contributed by atoms with E-state index in [1.165, 1.54) is 27.0 Å². The molecule has 6 heteroatoms. The Morgan fingerprint density at radius 2 is 2.20 bits per heavy atom. The van der Waals surface area contributed by atoms with E-state index in [0.717, 1.165) is 16.1 Å². The molecule has 0 aliphatic carbocycles. The quantitative estimate of drug-likeness (QED) is 0.805. The molecule has 1 N–H and O–H groups in total. The summed E-state index contributed by atoms with van der Waals surface area (Å²) >= 11 is 13.8. The number of thiophene rings is 2.